The number of hydrazone groups is 2. The van der Waals surface area contributed by atoms with E-state index in [1.165, 1.54) is 48.3 Å². The first kappa shape index (κ1) is 48.7. The fourth-order valence-corrected chi connectivity index (χ4v) is 11.8. The molecule has 4 aromatic carbocycles. The molecule has 0 saturated carbocycles. The summed E-state index contributed by atoms with van der Waals surface area (Å²) in [5.41, 5.74) is 16.6. The largest absolute Gasteiger partial charge is 0.361 e. The highest BCUT2D eigenvalue weighted by atomic mass is 79.9. The normalized spacial score (nSPS) is 12.4. The van der Waals surface area contributed by atoms with Crippen LogP contribution in [0.2, 0.25) is 10.0 Å². The first-order chi connectivity index (χ1) is 33.5. The number of rotatable bonds is 7. The molecule has 0 atom stereocenters. The molecule has 0 bridgehead atoms. The summed E-state index contributed by atoms with van der Waals surface area (Å²) in [7, 11) is 0. The molecule has 6 aromatic heterocycles. The lowest BCUT2D eigenvalue weighted by Gasteiger charge is -2.18. The Morgan fingerprint density at radius 3 is 1.67 bits per heavy atom. The van der Waals surface area contributed by atoms with Gasteiger partial charge in [-0.1, -0.05) is 107 Å². The van der Waals surface area contributed by atoms with E-state index >= 15 is 0 Å². The van der Waals surface area contributed by atoms with E-state index in [9.17, 15) is 0 Å². The Morgan fingerprint density at radius 2 is 1.09 bits per heavy atom. The first-order valence-corrected chi connectivity index (χ1v) is 25.9. The molecule has 0 radical (unpaired) electrons. The van der Waals surface area contributed by atoms with Crippen LogP contribution in [0.5, 0.6) is 0 Å². The summed E-state index contributed by atoms with van der Waals surface area (Å²) in [5, 5.41) is 36.3. The van der Waals surface area contributed by atoms with Crippen LogP contribution in [0.25, 0.3) is 31.8 Å². The van der Waals surface area contributed by atoms with Crippen LogP contribution in [0.4, 0.5) is 11.9 Å². The summed E-state index contributed by atoms with van der Waals surface area (Å²) >= 11 is 19.2. The topological polar surface area (TPSA) is 133 Å². The number of thiophene rings is 2. The van der Waals surface area contributed by atoms with E-state index in [1.54, 1.807) is 22.7 Å². The van der Waals surface area contributed by atoms with Gasteiger partial charge < -0.3 is 9.97 Å². The number of aryl methyl sites for hydroxylation is 5. The van der Waals surface area contributed by atoms with Crippen molar-refractivity contribution < 1.29 is 0 Å². The van der Waals surface area contributed by atoms with Gasteiger partial charge in [-0.3, -0.25) is 9.13 Å². The Labute approximate surface area is 433 Å². The van der Waals surface area contributed by atoms with Gasteiger partial charge in [0.1, 0.15) is 33.1 Å². The zero-order valence-corrected chi connectivity index (χ0v) is 43.4. The molecule has 17 heteroatoms. The van der Waals surface area contributed by atoms with Crippen molar-refractivity contribution in [1.82, 2.24) is 39.5 Å². The lowest BCUT2D eigenvalue weighted by Crippen LogP contribution is -2.23. The maximum Gasteiger partial charge on any atom is 0.253 e. The predicted octanol–water partition coefficient (Wildman–Crippen LogP) is 14.0. The average Bonchev–Trinajstić information content (AvgIpc) is 4.20. The molecule has 2 aliphatic rings. The summed E-state index contributed by atoms with van der Waals surface area (Å²) in [6.07, 6.45) is 6.08. The second-order valence-electron chi connectivity index (χ2n) is 16.8. The van der Waals surface area contributed by atoms with E-state index in [1.807, 2.05) is 78.0 Å². The fourth-order valence-electron chi connectivity index (χ4n) is 8.68. The number of hydrogen-bond donors (Lipinski definition) is 3. The summed E-state index contributed by atoms with van der Waals surface area (Å²) in [6, 6.07) is 32.4. The van der Waals surface area contributed by atoms with Gasteiger partial charge in [0.15, 0.2) is 0 Å². The van der Waals surface area contributed by atoms with Crippen LogP contribution in [0.3, 0.4) is 0 Å². The van der Waals surface area contributed by atoms with Gasteiger partial charge >= 0.3 is 0 Å². The monoisotopic (exact) mass is 1070 g/mol. The van der Waals surface area contributed by atoms with Gasteiger partial charge in [0.05, 0.1) is 0 Å². The third-order valence-electron chi connectivity index (χ3n) is 12.5. The van der Waals surface area contributed by atoms with Gasteiger partial charge in [-0.15, -0.1) is 43.1 Å². The number of para-hydroxylation sites is 2. The number of aromatic nitrogens is 8. The molecular weight excluding hydrogens is 1020 g/mol. The maximum atomic E-state index is 6.20. The van der Waals surface area contributed by atoms with Crippen molar-refractivity contribution in [3.8, 4) is 10.0 Å². The fraction of sp³-hybridized carbons (Fsp3) is 0.208. The van der Waals surface area contributed by atoms with Gasteiger partial charge in [-0.2, -0.15) is 10.2 Å². The smallest absolute Gasteiger partial charge is 0.253 e. The van der Waals surface area contributed by atoms with Crippen LogP contribution < -0.4 is 10.4 Å². The molecule has 0 fully saturated rings. The van der Waals surface area contributed by atoms with Gasteiger partial charge in [0.25, 0.3) is 5.95 Å². The van der Waals surface area contributed by atoms with Crippen molar-refractivity contribution in [2.45, 2.75) is 61.8 Å². The van der Waals surface area contributed by atoms with Crippen molar-refractivity contribution in [3.05, 3.63) is 185 Å². The molecule has 0 unspecified atom stereocenters. The van der Waals surface area contributed by atoms with Crippen LogP contribution in [-0.2, 0) is 12.8 Å². The third-order valence-corrected chi connectivity index (χ3v) is 15.8. The number of alkyl halides is 1. The number of nitrogens with one attached hydrogen (secondary N) is 3. The van der Waals surface area contributed by atoms with Crippen molar-refractivity contribution >= 4 is 107 Å². The standard InChI is InChI=1S/C26H23ClN6S.C16H14ClN5S.C10H10BrN.CH4/c1-15-16(2)34-25-23(15)24(18-8-10-20(27)11-9-18)31-32(26-30-29-17(3)33(25)26)13-12-19-14-28-22-7-5-4-6-21(19)22;1-8-9(2)23-15-13(8)14(11-4-6-12(17)7-5-11)19-21-16-20-18-10(3)22(15)16;11-6-5-8-7-12-10-4-2-1-3-9(8)10;/h4-11,14,28H,12-13H2,1-3H3;4-7H,1-3H3,(H,20,21);1-4,7,12H,5-6H2;1H4. The number of benzene rings is 4. The van der Waals surface area contributed by atoms with Crippen molar-refractivity contribution in [3.63, 3.8) is 0 Å². The Morgan fingerprint density at radius 1 is 0.586 bits per heavy atom. The minimum absolute atomic E-state index is 0. The molecule has 0 amide bonds. The predicted molar refractivity (Wildman–Crippen MR) is 297 cm³/mol. The van der Waals surface area contributed by atoms with Gasteiger partial charge in [-0.25, -0.2) is 10.4 Å². The molecule has 3 N–H and O–H groups in total. The first-order valence-electron chi connectivity index (χ1n) is 22.4. The van der Waals surface area contributed by atoms with E-state index in [4.69, 9.17) is 28.3 Å². The van der Waals surface area contributed by atoms with Gasteiger partial charge in [-0.05, 0) is 113 Å². The third kappa shape index (κ3) is 9.24. The molecule has 0 spiro atoms. The maximum absolute atomic E-state index is 6.20. The SMILES string of the molecule is BrCCc1c[nH]c2ccccc12.C.Cc1sc2c(c1C)C(c1ccc(Cl)cc1)=NN(CCc1c[nH]c3ccccc13)c1nnc(C)n1-2.Cc1sc2c(c1C)C(c1ccc(Cl)cc1)=NNc1nnc(C)n1-2. The number of halogens is 3. The number of fused-ring (bicyclic) bond motifs is 8. The summed E-state index contributed by atoms with van der Waals surface area (Å²) < 4.78 is 4.16. The van der Waals surface area contributed by atoms with E-state index < -0.39 is 0 Å². The molecule has 10 aromatic rings. The molecule has 12 nitrogen and oxygen atoms in total. The van der Waals surface area contributed by atoms with Crippen LogP contribution >= 0.6 is 61.8 Å². The van der Waals surface area contributed by atoms with Gasteiger partial charge in [0.2, 0.25) is 5.95 Å². The van der Waals surface area contributed by atoms with E-state index in [2.05, 4.69) is 144 Å². The zero-order chi connectivity index (χ0) is 47.9. The number of hydrogen-bond acceptors (Lipinski definition) is 10. The quantitative estimate of drug-likeness (QED) is 0.136. The molecule has 356 valence electrons. The van der Waals surface area contributed by atoms with Crippen LogP contribution in [-0.4, -0.2) is 62.8 Å². The van der Waals surface area contributed by atoms with Crippen molar-refractivity contribution in [2.24, 2.45) is 10.2 Å². The summed E-state index contributed by atoms with van der Waals surface area (Å²) in [4.78, 5) is 9.15. The van der Waals surface area contributed by atoms with E-state index in [-0.39, 0.29) is 7.43 Å². The molecule has 2 aliphatic heterocycles. The number of H-pyrrole nitrogens is 2. The van der Waals surface area contributed by atoms with Crippen LogP contribution in [0.15, 0.2) is 120 Å². The summed E-state index contributed by atoms with van der Waals surface area (Å²) in [6.45, 7) is 13.2. The number of anilines is 2. The molecule has 0 saturated heterocycles. The Bertz CT molecular complexity index is 3560. The zero-order valence-electron chi connectivity index (χ0n) is 38.7. The second-order valence-corrected chi connectivity index (χ2v) is 20.9. The van der Waals surface area contributed by atoms with E-state index in [0.29, 0.717) is 22.5 Å². The second kappa shape index (κ2) is 20.5. The Balaban J connectivity index is 0.000000145. The number of aromatic amines is 2. The average molecular weight is 1070 g/mol. The molecular formula is C53H51BrCl2N12S2. The molecule has 70 heavy (non-hydrogen) atoms. The minimum Gasteiger partial charge on any atom is -0.361 e. The van der Waals surface area contributed by atoms with E-state index in [0.717, 1.165) is 85.0 Å². The Hall–Kier alpha value is -6.36. The van der Waals surface area contributed by atoms with Crippen LogP contribution in [0, 0.1) is 41.5 Å². The lowest BCUT2D eigenvalue weighted by molar-refractivity contribution is 0.783. The lowest BCUT2D eigenvalue weighted by atomic mass is 10.00. The van der Waals surface area contributed by atoms with Crippen molar-refractivity contribution in [1.29, 1.82) is 0 Å². The Kier molecular flexibility index (Phi) is 14.3. The molecule has 12 rings (SSSR count). The highest BCUT2D eigenvalue weighted by Crippen LogP contribution is 2.39. The van der Waals surface area contributed by atoms with Crippen LogP contribution in [0.1, 0.15) is 73.3 Å². The number of nitrogens with zero attached hydrogens (tertiary/aromatic N) is 9. The summed E-state index contributed by atoms with van der Waals surface area (Å²) in [5.74, 6) is 3.06. The molecule has 0 aliphatic carbocycles. The highest BCUT2D eigenvalue weighted by Gasteiger charge is 2.31. The molecule has 8 heterocycles. The minimum atomic E-state index is 0. The highest BCUT2D eigenvalue weighted by molar-refractivity contribution is 9.09. The van der Waals surface area contributed by atoms with Gasteiger partial charge in [0, 0.05) is 88.1 Å². The van der Waals surface area contributed by atoms with Crippen molar-refractivity contribution in [2.75, 3.05) is 22.3 Å².